The van der Waals surface area contributed by atoms with Gasteiger partial charge in [0.1, 0.15) is 11.6 Å². The number of rotatable bonds is 5. The van der Waals surface area contributed by atoms with Crippen LogP contribution in [0.4, 0.5) is 10.1 Å². The largest absolute Gasteiger partial charge is 0.489 e. The van der Waals surface area contributed by atoms with E-state index in [1.54, 1.807) is 0 Å². The van der Waals surface area contributed by atoms with Gasteiger partial charge >= 0.3 is 5.97 Å². The predicted octanol–water partition coefficient (Wildman–Crippen LogP) is 3.05. The topological polar surface area (TPSA) is 75.6 Å². The molecule has 0 aromatic heterocycles. The lowest BCUT2D eigenvalue weighted by atomic mass is 10.0. The van der Waals surface area contributed by atoms with E-state index in [1.807, 2.05) is 13.8 Å². The highest BCUT2D eigenvalue weighted by atomic mass is 19.1. The quantitative estimate of drug-likeness (QED) is 0.876. The zero-order valence-electron chi connectivity index (χ0n) is 12.6. The number of carbonyl (C=O) groups is 2. The van der Waals surface area contributed by atoms with Crippen molar-refractivity contribution in [1.82, 2.24) is 0 Å². The van der Waals surface area contributed by atoms with Gasteiger partial charge in [0.05, 0.1) is 17.7 Å². The Kier molecular flexibility index (Phi) is 5.00. The maximum absolute atomic E-state index is 13.4. The van der Waals surface area contributed by atoms with Crippen LogP contribution in [0.2, 0.25) is 0 Å². The summed E-state index contributed by atoms with van der Waals surface area (Å²) in [4.78, 5) is 23.2. The van der Waals surface area contributed by atoms with Gasteiger partial charge in [0.25, 0.3) is 0 Å². The van der Waals surface area contributed by atoms with Gasteiger partial charge in [0.2, 0.25) is 5.91 Å². The molecule has 0 saturated heterocycles. The van der Waals surface area contributed by atoms with Gasteiger partial charge in [-0.05, 0) is 45.2 Å². The molecule has 5 nitrogen and oxygen atoms in total. The number of hydrogen-bond acceptors (Lipinski definition) is 3. The summed E-state index contributed by atoms with van der Waals surface area (Å²) < 4.78 is 18.9. The van der Waals surface area contributed by atoms with E-state index in [0.717, 1.165) is 0 Å². The van der Waals surface area contributed by atoms with Crippen molar-refractivity contribution in [3.05, 3.63) is 24.0 Å². The molecule has 0 unspecified atom stereocenters. The van der Waals surface area contributed by atoms with Gasteiger partial charge in [-0.1, -0.05) is 0 Å². The molecule has 22 heavy (non-hydrogen) atoms. The van der Waals surface area contributed by atoms with Crippen LogP contribution in [0.15, 0.2) is 18.2 Å². The van der Waals surface area contributed by atoms with Crippen molar-refractivity contribution in [2.24, 2.45) is 11.8 Å². The van der Waals surface area contributed by atoms with E-state index >= 15 is 0 Å². The molecule has 0 radical (unpaired) electrons. The Morgan fingerprint density at radius 2 is 2.00 bits per heavy atom. The SMILES string of the molecule is CC(C)Oc1ccc(F)cc1NC(=O)[C@@H]1CC[C@H](C(=O)O)C1. The molecule has 1 saturated carbocycles. The Hall–Kier alpha value is -2.11. The third-order valence-corrected chi connectivity index (χ3v) is 3.71. The summed E-state index contributed by atoms with van der Waals surface area (Å²) >= 11 is 0. The van der Waals surface area contributed by atoms with Crippen molar-refractivity contribution < 1.29 is 23.8 Å². The van der Waals surface area contributed by atoms with E-state index in [4.69, 9.17) is 9.84 Å². The molecule has 0 bridgehead atoms. The predicted molar refractivity (Wildman–Crippen MR) is 79.3 cm³/mol. The second-order valence-corrected chi connectivity index (χ2v) is 5.84. The Morgan fingerprint density at radius 1 is 1.32 bits per heavy atom. The van der Waals surface area contributed by atoms with Gasteiger partial charge in [0, 0.05) is 12.0 Å². The van der Waals surface area contributed by atoms with Gasteiger partial charge in [-0.2, -0.15) is 0 Å². The summed E-state index contributed by atoms with van der Waals surface area (Å²) in [6.07, 6.45) is 1.23. The molecule has 1 aliphatic rings. The van der Waals surface area contributed by atoms with Crippen molar-refractivity contribution in [1.29, 1.82) is 0 Å². The number of halogens is 1. The maximum Gasteiger partial charge on any atom is 0.306 e. The van der Waals surface area contributed by atoms with Crippen LogP contribution in [0, 0.1) is 17.7 Å². The molecule has 6 heteroatoms. The first-order valence-corrected chi connectivity index (χ1v) is 7.36. The van der Waals surface area contributed by atoms with Crippen LogP contribution in [0.3, 0.4) is 0 Å². The lowest BCUT2D eigenvalue weighted by Gasteiger charge is -2.16. The Bertz CT molecular complexity index is 573. The van der Waals surface area contributed by atoms with Crippen molar-refractivity contribution in [3.8, 4) is 5.75 Å². The standard InChI is InChI=1S/C16H20FNO4/c1-9(2)22-14-6-5-12(17)8-13(14)18-15(19)10-3-4-11(7-10)16(20)21/h5-6,8-11H,3-4,7H2,1-2H3,(H,18,19)(H,20,21)/t10-,11+/m1/s1. The van der Waals surface area contributed by atoms with E-state index in [0.29, 0.717) is 25.0 Å². The normalized spacial score (nSPS) is 20.9. The molecule has 120 valence electrons. The van der Waals surface area contributed by atoms with Crippen LogP contribution in [0.5, 0.6) is 5.75 Å². The number of ether oxygens (including phenoxy) is 1. The van der Waals surface area contributed by atoms with Crippen LogP contribution < -0.4 is 10.1 Å². The lowest BCUT2D eigenvalue weighted by Crippen LogP contribution is -2.22. The fourth-order valence-corrected chi connectivity index (χ4v) is 2.64. The minimum absolute atomic E-state index is 0.107. The first kappa shape index (κ1) is 16.3. The zero-order valence-corrected chi connectivity index (χ0v) is 12.6. The summed E-state index contributed by atoms with van der Waals surface area (Å²) in [6.45, 7) is 3.67. The molecule has 1 amide bonds. The van der Waals surface area contributed by atoms with E-state index < -0.39 is 17.7 Å². The highest BCUT2D eigenvalue weighted by Gasteiger charge is 2.34. The molecule has 1 aromatic rings. The number of hydrogen-bond donors (Lipinski definition) is 2. The van der Waals surface area contributed by atoms with Crippen LogP contribution >= 0.6 is 0 Å². The zero-order chi connectivity index (χ0) is 16.3. The van der Waals surface area contributed by atoms with Gasteiger partial charge in [-0.3, -0.25) is 9.59 Å². The molecule has 1 fully saturated rings. The summed E-state index contributed by atoms with van der Waals surface area (Å²) in [5.74, 6) is -2.07. The number of nitrogens with one attached hydrogen (secondary N) is 1. The third kappa shape index (κ3) is 3.96. The molecule has 0 heterocycles. The fourth-order valence-electron chi connectivity index (χ4n) is 2.64. The van der Waals surface area contributed by atoms with Crippen molar-refractivity contribution in [2.45, 2.75) is 39.2 Å². The Labute approximate surface area is 128 Å². The average molecular weight is 309 g/mol. The summed E-state index contributed by atoms with van der Waals surface area (Å²) in [5.41, 5.74) is 0.275. The first-order valence-electron chi connectivity index (χ1n) is 7.36. The number of carbonyl (C=O) groups excluding carboxylic acids is 1. The maximum atomic E-state index is 13.4. The van der Waals surface area contributed by atoms with E-state index in [9.17, 15) is 14.0 Å². The van der Waals surface area contributed by atoms with E-state index in [-0.39, 0.29) is 23.6 Å². The second kappa shape index (κ2) is 6.77. The fraction of sp³-hybridized carbons (Fsp3) is 0.500. The van der Waals surface area contributed by atoms with Crippen molar-refractivity contribution >= 4 is 17.6 Å². The van der Waals surface area contributed by atoms with E-state index in [1.165, 1.54) is 18.2 Å². The molecule has 2 N–H and O–H groups in total. The Balaban J connectivity index is 2.08. The van der Waals surface area contributed by atoms with E-state index in [2.05, 4.69) is 5.32 Å². The molecule has 2 rings (SSSR count). The number of benzene rings is 1. The van der Waals surface area contributed by atoms with Crippen LogP contribution in [0.1, 0.15) is 33.1 Å². The number of carboxylic acid groups (broad SMARTS) is 1. The first-order chi connectivity index (χ1) is 10.4. The minimum atomic E-state index is -0.870. The molecule has 0 spiro atoms. The number of anilines is 1. The molecule has 1 aromatic carbocycles. The van der Waals surface area contributed by atoms with Gasteiger partial charge in [-0.15, -0.1) is 0 Å². The minimum Gasteiger partial charge on any atom is -0.489 e. The average Bonchev–Trinajstić information content (AvgIpc) is 2.91. The molecule has 1 aliphatic carbocycles. The Morgan fingerprint density at radius 3 is 2.59 bits per heavy atom. The van der Waals surface area contributed by atoms with Gasteiger partial charge < -0.3 is 15.2 Å². The molecular weight excluding hydrogens is 289 g/mol. The highest BCUT2D eigenvalue weighted by molar-refractivity contribution is 5.94. The molecular formula is C16H20FNO4. The smallest absolute Gasteiger partial charge is 0.306 e. The van der Waals surface area contributed by atoms with Crippen molar-refractivity contribution in [3.63, 3.8) is 0 Å². The summed E-state index contributed by atoms with van der Waals surface area (Å²) in [6, 6.07) is 3.95. The monoisotopic (exact) mass is 309 g/mol. The summed E-state index contributed by atoms with van der Waals surface area (Å²) in [7, 11) is 0. The van der Waals surface area contributed by atoms with Crippen molar-refractivity contribution in [2.75, 3.05) is 5.32 Å². The van der Waals surface area contributed by atoms with Crippen LogP contribution in [-0.4, -0.2) is 23.1 Å². The summed E-state index contributed by atoms with van der Waals surface area (Å²) in [5, 5.41) is 11.6. The third-order valence-electron chi connectivity index (χ3n) is 3.71. The van der Waals surface area contributed by atoms with Gasteiger partial charge in [-0.25, -0.2) is 4.39 Å². The number of aliphatic carboxylic acids is 1. The second-order valence-electron chi connectivity index (χ2n) is 5.84. The molecule has 0 aliphatic heterocycles. The van der Waals surface area contributed by atoms with Crippen LogP contribution in [0.25, 0.3) is 0 Å². The number of amides is 1. The van der Waals surface area contributed by atoms with Crippen LogP contribution in [-0.2, 0) is 9.59 Å². The number of carboxylic acids is 1. The highest BCUT2D eigenvalue weighted by Crippen LogP contribution is 2.33. The lowest BCUT2D eigenvalue weighted by molar-refractivity contribution is -0.141. The van der Waals surface area contributed by atoms with Gasteiger partial charge in [0.15, 0.2) is 0 Å². The molecule has 2 atom stereocenters.